The molecule has 0 aromatic heterocycles. The summed E-state index contributed by atoms with van der Waals surface area (Å²) in [7, 11) is 0. The van der Waals surface area contributed by atoms with Crippen LogP contribution in [0.25, 0.3) is 0 Å². The second kappa shape index (κ2) is 7.89. The van der Waals surface area contributed by atoms with Gasteiger partial charge >= 0.3 is 5.97 Å². The first-order chi connectivity index (χ1) is 9.43. The molecule has 110 valence electrons. The number of benzene rings is 1. The molecule has 0 aliphatic carbocycles. The third-order valence-electron chi connectivity index (χ3n) is 2.49. The highest BCUT2D eigenvalue weighted by Gasteiger charge is 2.21. The zero-order chi connectivity index (χ0) is 15.1. The third-order valence-corrected chi connectivity index (χ3v) is 3.02. The summed E-state index contributed by atoms with van der Waals surface area (Å²) in [6.45, 7) is 5.19. The van der Waals surface area contributed by atoms with Gasteiger partial charge in [-0.3, -0.25) is 4.79 Å². The van der Waals surface area contributed by atoms with Crippen molar-refractivity contribution in [2.24, 2.45) is 0 Å². The lowest BCUT2D eigenvalue weighted by Gasteiger charge is -2.17. The summed E-state index contributed by atoms with van der Waals surface area (Å²) in [6, 6.07) is 6.45. The van der Waals surface area contributed by atoms with Crippen molar-refractivity contribution in [3.05, 3.63) is 28.7 Å². The van der Waals surface area contributed by atoms with Crippen LogP contribution in [0, 0.1) is 0 Å². The largest absolute Gasteiger partial charge is 0.481 e. The number of halogens is 1. The van der Waals surface area contributed by atoms with Crippen LogP contribution in [-0.4, -0.2) is 30.6 Å². The van der Waals surface area contributed by atoms with Gasteiger partial charge in [-0.1, -0.05) is 15.9 Å². The van der Waals surface area contributed by atoms with E-state index >= 15 is 0 Å². The minimum Gasteiger partial charge on any atom is -0.481 e. The van der Waals surface area contributed by atoms with Crippen LogP contribution in [0.5, 0.6) is 5.75 Å². The van der Waals surface area contributed by atoms with E-state index in [-0.39, 0.29) is 12.5 Å². The maximum absolute atomic E-state index is 11.9. The molecule has 1 amide bonds. The van der Waals surface area contributed by atoms with E-state index in [0.29, 0.717) is 5.75 Å². The molecule has 0 heterocycles. The van der Waals surface area contributed by atoms with Gasteiger partial charge in [0.05, 0.1) is 6.61 Å². The molecule has 2 unspecified atom stereocenters. The van der Waals surface area contributed by atoms with Crippen molar-refractivity contribution in [3.8, 4) is 5.75 Å². The van der Waals surface area contributed by atoms with E-state index in [0.717, 1.165) is 4.47 Å². The van der Waals surface area contributed by atoms with Crippen LogP contribution in [0.3, 0.4) is 0 Å². The normalized spacial score (nSPS) is 13.2. The lowest BCUT2D eigenvalue weighted by Crippen LogP contribution is -2.45. The first kappa shape index (κ1) is 16.5. The van der Waals surface area contributed by atoms with Crippen molar-refractivity contribution in [3.63, 3.8) is 0 Å². The smallest absolute Gasteiger partial charge is 0.328 e. The molecule has 0 fully saturated rings. The van der Waals surface area contributed by atoms with Crippen LogP contribution in [0.15, 0.2) is 28.7 Å². The Bertz CT molecular complexity index is 461. The molecule has 0 saturated carbocycles. The number of carbonyl (C=O) groups excluding carboxylic acids is 2. The molecular formula is C14H18BrNO4. The standard InChI is InChI=1S/C14H18BrNO4/c1-4-19-14(18)9(2)16-13(17)10(3)20-12-7-5-11(15)6-8-12/h5-10H,4H2,1-3H3,(H,16,17). The molecule has 0 aliphatic rings. The zero-order valence-corrected chi connectivity index (χ0v) is 13.3. The van der Waals surface area contributed by atoms with Gasteiger partial charge < -0.3 is 14.8 Å². The minimum atomic E-state index is -0.701. The number of esters is 1. The monoisotopic (exact) mass is 343 g/mol. The Morgan fingerprint density at radius 3 is 2.40 bits per heavy atom. The highest BCUT2D eigenvalue weighted by atomic mass is 79.9. The van der Waals surface area contributed by atoms with Crippen LogP contribution in [0.1, 0.15) is 20.8 Å². The van der Waals surface area contributed by atoms with Gasteiger partial charge in [0.15, 0.2) is 6.10 Å². The second-order valence-corrected chi connectivity index (χ2v) is 5.11. The lowest BCUT2D eigenvalue weighted by molar-refractivity contribution is -0.147. The van der Waals surface area contributed by atoms with Gasteiger partial charge in [0.2, 0.25) is 0 Å². The molecule has 1 aromatic carbocycles. The SMILES string of the molecule is CCOC(=O)C(C)NC(=O)C(C)Oc1ccc(Br)cc1. The van der Waals surface area contributed by atoms with Crippen molar-refractivity contribution >= 4 is 27.8 Å². The highest BCUT2D eigenvalue weighted by Crippen LogP contribution is 2.17. The molecule has 0 radical (unpaired) electrons. The molecule has 5 nitrogen and oxygen atoms in total. The fraction of sp³-hybridized carbons (Fsp3) is 0.429. The number of hydrogen-bond acceptors (Lipinski definition) is 4. The Morgan fingerprint density at radius 2 is 1.85 bits per heavy atom. The molecule has 0 saturated heterocycles. The Hall–Kier alpha value is -1.56. The summed E-state index contributed by atoms with van der Waals surface area (Å²) in [6.07, 6.45) is -0.701. The van der Waals surface area contributed by atoms with E-state index in [4.69, 9.17) is 9.47 Å². The fourth-order valence-electron chi connectivity index (χ4n) is 1.43. The van der Waals surface area contributed by atoms with Crippen molar-refractivity contribution in [2.45, 2.75) is 32.9 Å². The predicted octanol–water partition coefficient (Wildman–Crippen LogP) is 2.28. The van der Waals surface area contributed by atoms with Gasteiger partial charge in [-0.2, -0.15) is 0 Å². The summed E-state index contributed by atoms with van der Waals surface area (Å²) in [5.74, 6) is -0.246. The Kier molecular flexibility index (Phi) is 6.51. The summed E-state index contributed by atoms with van der Waals surface area (Å²) in [5.41, 5.74) is 0. The van der Waals surface area contributed by atoms with Crippen molar-refractivity contribution in [1.29, 1.82) is 0 Å². The molecule has 0 spiro atoms. The summed E-state index contributed by atoms with van der Waals surface area (Å²) in [5, 5.41) is 2.55. The van der Waals surface area contributed by atoms with E-state index in [9.17, 15) is 9.59 Å². The van der Waals surface area contributed by atoms with Crippen LogP contribution < -0.4 is 10.1 Å². The fourth-order valence-corrected chi connectivity index (χ4v) is 1.69. The number of ether oxygens (including phenoxy) is 2. The van der Waals surface area contributed by atoms with Gasteiger partial charge in [-0.15, -0.1) is 0 Å². The Morgan fingerprint density at radius 1 is 1.25 bits per heavy atom. The molecular weight excluding hydrogens is 326 g/mol. The average Bonchev–Trinajstić information content (AvgIpc) is 2.41. The number of rotatable bonds is 6. The van der Waals surface area contributed by atoms with E-state index in [1.165, 1.54) is 0 Å². The number of hydrogen-bond donors (Lipinski definition) is 1. The molecule has 1 rings (SSSR count). The zero-order valence-electron chi connectivity index (χ0n) is 11.7. The molecule has 1 N–H and O–H groups in total. The van der Waals surface area contributed by atoms with Crippen LogP contribution in [-0.2, 0) is 14.3 Å². The summed E-state index contributed by atoms with van der Waals surface area (Å²) in [4.78, 5) is 23.3. The van der Waals surface area contributed by atoms with Gasteiger partial charge in [0.1, 0.15) is 11.8 Å². The number of carbonyl (C=O) groups is 2. The van der Waals surface area contributed by atoms with E-state index in [1.807, 2.05) is 12.1 Å². The van der Waals surface area contributed by atoms with E-state index in [1.54, 1.807) is 32.9 Å². The molecule has 0 bridgehead atoms. The Balaban J connectivity index is 2.50. The summed E-state index contributed by atoms with van der Waals surface area (Å²) < 4.78 is 11.2. The van der Waals surface area contributed by atoms with E-state index in [2.05, 4.69) is 21.2 Å². The average molecular weight is 344 g/mol. The van der Waals surface area contributed by atoms with Crippen LogP contribution in [0.4, 0.5) is 0 Å². The van der Waals surface area contributed by atoms with Gasteiger partial charge in [0.25, 0.3) is 5.91 Å². The maximum atomic E-state index is 11.9. The van der Waals surface area contributed by atoms with Gasteiger partial charge in [-0.25, -0.2) is 4.79 Å². The number of amides is 1. The van der Waals surface area contributed by atoms with Crippen LogP contribution in [0.2, 0.25) is 0 Å². The van der Waals surface area contributed by atoms with Gasteiger partial charge in [0, 0.05) is 4.47 Å². The van der Waals surface area contributed by atoms with Crippen molar-refractivity contribution in [2.75, 3.05) is 6.61 Å². The quantitative estimate of drug-likeness (QED) is 0.805. The molecule has 0 aliphatic heterocycles. The maximum Gasteiger partial charge on any atom is 0.328 e. The third kappa shape index (κ3) is 5.21. The number of nitrogens with one attached hydrogen (secondary N) is 1. The molecule has 2 atom stereocenters. The summed E-state index contributed by atoms with van der Waals surface area (Å²) >= 11 is 3.32. The first-order valence-electron chi connectivity index (χ1n) is 6.33. The topological polar surface area (TPSA) is 64.6 Å². The highest BCUT2D eigenvalue weighted by molar-refractivity contribution is 9.10. The van der Waals surface area contributed by atoms with E-state index < -0.39 is 18.1 Å². The predicted molar refractivity (Wildman–Crippen MR) is 78.5 cm³/mol. The van der Waals surface area contributed by atoms with Crippen molar-refractivity contribution < 1.29 is 19.1 Å². The van der Waals surface area contributed by atoms with Crippen molar-refractivity contribution in [1.82, 2.24) is 5.32 Å². The molecule has 1 aromatic rings. The molecule has 6 heteroatoms. The van der Waals surface area contributed by atoms with Crippen LogP contribution >= 0.6 is 15.9 Å². The molecule has 20 heavy (non-hydrogen) atoms. The lowest BCUT2D eigenvalue weighted by atomic mass is 10.3. The van der Waals surface area contributed by atoms with Gasteiger partial charge in [-0.05, 0) is 45.0 Å². The Labute approximate surface area is 126 Å². The second-order valence-electron chi connectivity index (χ2n) is 4.20. The minimum absolute atomic E-state index is 0.282. The first-order valence-corrected chi connectivity index (χ1v) is 7.12.